The van der Waals surface area contributed by atoms with Gasteiger partial charge in [0.1, 0.15) is 11.4 Å². The van der Waals surface area contributed by atoms with Crippen molar-refractivity contribution in [1.29, 1.82) is 0 Å². The van der Waals surface area contributed by atoms with Crippen molar-refractivity contribution in [2.45, 2.75) is 39.4 Å². The second-order valence-corrected chi connectivity index (χ2v) is 5.52. The first-order valence-electron chi connectivity index (χ1n) is 7.44. The number of nitrogens with one attached hydrogen (secondary N) is 1. The van der Waals surface area contributed by atoms with Gasteiger partial charge in [-0.3, -0.25) is 10.1 Å². The lowest BCUT2D eigenvalue weighted by Gasteiger charge is -2.36. The summed E-state index contributed by atoms with van der Waals surface area (Å²) < 4.78 is 5.71. The average molecular weight is 293 g/mol. The molecule has 21 heavy (non-hydrogen) atoms. The van der Waals surface area contributed by atoms with Gasteiger partial charge in [0.15, 0.2) is 0 Å². The third-order valence-electron chi connectivity index (χ3n) is 3.52. The molecule has 0 spiro atoms. The van der Waals surface area contributed by atoms with Gasteiger partial charge in [0.25, 0.3) is 0 Å². The van der Waals surface area contributed by atoms with Crippen molar-refractivity contribution >= 4 is 17.1 Å². The SMILES string of the molecule is CCCNc1cccc(N2C[C@@H](C)O[C@@H](C)C2)c1[N+](=O)[O-]. The van der Waals surface area contributed by atoms with Crippen molar-refractivity contribution in [3.8, 4) is 0 Å². The maximum Gasteiger partial charge on any atom is 0.315 e. The van der Waals surface area contributed by atoms with Crippen LogP contribution in [0.15, 0.2) is 18.2 Å². The van der Waals surface area contributed by atoms with E-state index >= 15 is 0 Å². The highest BCUT2D eigenvalue weighted by molar-refractivity contribution is 5.77. The molecule has 2 rings (SSSR count). The summed E-state index contributed by atoms with van der Waals surface area (Å²) >= 11 is 0. The molecule has 1 aliphatic heterocycles. The molecule has 0 amide bonds. The second-order valence-electron chi connectivity index (χ2n) is 5.52. The molecular weight excluding hydrogens is 270 g/mol. The minimum atomic E-state index is -0.294. The Balaban J connectivity index is 2.35. The van der Waals surface area contributed by atoms with Gasteiger partial charge in [-0.2, -0.15) is 0 Å². The van der Waals surface area contributed by atoms with Crippen LogP contribution in [0.25, 0.3) is 0 Å². The Kier molecular flexibility index (Phi) is 5.01. The number of rotatable bonds is 5. The van der Waals surface area contributed by atoms with E-state index in [-0.39, 0.29) is 22.8 Å². The van der Waals surface area contributed by atoms with Crippen molar-refractivity contribution in [3.05, 3.63) is 28.3 Å². The van der Waals surface area contributed by atoms with E-state index in [9.17, 15) is 10.1 Å². The summed E-state index contributed by atoms with van der Waals surface area (Å²) in [6, 6.07) is 5.45. The molecule has 0 saturated carbocycles. The molecule has 116 valence electrons. The predicted molar refractivity (Wildman–Crippen MR) is 84.1 cm³/mol. The fraction of sp³-hybridized carbons (Fsp3) is 0.600. The van der Waals surface area contributed by atoms with E-state index in [2.05, 4.69) is 5.32 Å². The van der Waals surface area contributed by atoms with Crippen LogP contribution in [0.4, 0.5) is 17.1 Å². The van der Waals surface area contributed by atoms with Crippen LogP contribution in [0.1, 0.15) is 27.2 Å². The highest BCUT2D eigenvalue weighted by atomic mass is 16.6. The van der Waals surface area contributed by atoms with Crippen LogP contribution in [-0.2, 0) is 4.74 Å². The quantitative estimate of drug-likeness (QED) is 0.667. The third-order valence-corrected chi connectivity index (χ3v) is 3.52. The zero-order valence-corrected chi connectivity index (χ0v) is 12.8. The molecular formula is C15H23N3O3. The number of ether oxygens (including phenoxy) is 1. The first-order chi connectivity index (χ1) is 10.0. The van der Waals surface area contributed by atoms with Crippen LogP contribution in [0.2, 0.25) is 0 Å². The number of hydrogen-bond acceptors (Lipinski definition) is 5. The number of para-hydroxylation sites is 1. The first kappa shape index (κ1) is 15.6. The Morgan fingerprint density at radius 2 is 2.05 bits per heavy atom. The van der Waals surface area contributed by atoms with Crippen LogP contribution in [-0.4, -0.2) is 36.8 Å². The number of morpholine rings is 1. The fourth-order valence-electron chi connectivity index (χ4n) is 2.76. The molecule has 6 heteroatoms. The molecule has 0 aliphatic carbocycles. The number of nitrogens with zero attached hydrogens (tertiary/aromatic N) is 2. The van der Waals surface area contributed by atoms with Gasteiger partial charge < -0.3 is 15.0 Å². The molecule has 1 fully saturated rings. The van der Waals surface area contributed by atoms with E-state index < -0.39 is 0 Å². The summed E-state index contributed by atoms with van der Waals surface area (Å²) in [5, 5.41) is 14.7. The Hall–Kier alpha value is -1.82. The number of benzene rings is 1. The van der Waals surface area contributed by atoms with Gasteiger partial charge in [-0.25, -0.2) is 0 Å². The second kappa shape index (κ2) is 6.76. The van der Waals surface area contributed by atoms with Gasteiger partial charge in [0.2, 0.25) is 0 Å². The summed E-state index contributed by atoms with van der Waals surface area (Å²) in [7, 11) is 0. The number of anilines is 2. The third kappa shape index (κ3) is 3.64. The zero-order chi connectivity index (χ0) is 15.4. The normalized spacial score (nSPS) is 22.1. The molecule has 0 bridgehead atoms. The monoisotopic (exact) mass is 293 g/mol. The topological polar surface area (TPSA) is 67.6 Å². The zero-order valence-electron chi connectivity index (χ0n) is 12.8. The van der Waals surface area contributed by atoms with Crippen molar-refractivity contribution in [2.24, 2.45) is 0 Å². The summed E-state index contributed by atoms with van der Waals surface area (Å²) in [6.07, 6.45) is 1.06. The van der Waals surface area contributed by atoms with Gasteiger partial charge in [0, 0.05) is 19.6 Å². The molecule has 1 aromatic rings. The van der Waals surface area contributed by atoms with Crippen molar-refractivity contribution in [1.82, 2.24) is 0 Å². The van der Waals surface area contributed by atoms with Crippen LogP contribution in [0.3, 0.4) is 0 Å². The number of nitro benzene ring substituents is 1. The van der Waals surface area contributed by atoms with Crippen molar-refractivity contribution in [2.75, 3.05) is 29.9 Å². The molecule has 1 saturated heterocycles. The lowest BCUT2D eigenvalue weighted by Crippen LogP contribution is -2.45. The molecule has 2 atom stereocenters. The van der Waals surface area contributed by atoms with Crippen molar-refractivity contribution in [3.63, 3.8) is 0 Å². The van der Waals surface area contributed by atoms with E-state index in [0.29, 0.717) is 24.5 Å². The highest BCUT2D eigenvalue weighted by Crippen LogP contribution is 2.36. The number of nitro groups is 1. The molecule has 0 unspecified atom stereocenters. The van der Waals surface area contributed by atoms with E-state index in [1.54, 1.807) is 6.07 Å². The van der Waals surface area contributed by atoms with Crippen LogP contribution < -0.4 is 10.2 Å². The molecule has 0 aromatic heterocycles. The highest BCUT2D eigenvalue weighted by Gasteiger charge is 2.29. The largest absolute Gasteiger partial charge is 0.379 e. The molecule has 1 aliphatic rings. The van der Waals surface area contributed by atoms with Crippen molar-refractivity contribution < 1.29 is 9.66 Å². The Labute approximate surface area is 125 Å². The summed E-state index contributed by atoms with van der Waals surface area (Å²) in [5.41, 5.74) is 1.42. The maximum absolute atomic E-state index is 11.5. The van der Waals surface area contributed by atoms with Crippen LogP contribution >= 0.6 is 0 Å². The van der Waals surface area contributed by atoms with Crippen LogP contribution in [0.5, 0.6) is 0 Å². The summed E-state index contributed by atoms with van der Waals surface area (Å²) in [5.74, 6) is 0. The van der Waals surface area contributed by atoms with Gasteiger partial charge in [0.05, 0.1) is 17.1 Å². The average Bonchev–Trinajstić information content (AvgIpc) is 2.43. The molecule has 6 nitrogen and oxygen atoms in total. The minimum absolute atomic E-state index is 0.0700. The first-order valence-corrected chi connectivity index (χ1v) is 7.44. The standard InChI is InChI=1S/C15H23N3O3/c1-4-8-16-13-6-5-7-14(15(13)18(19)20)17-9-11(2)21-12(3)10-17/h5-7,11-12,16H,4,8-10H2,1-3H3/t11-,12+. The lowest BCUT2D eigenvalue weighted by molar-refractivity contribution is -0.383. The Bertz CT molecular complexity index is 497. The maximum atomic E-state index is 11.5. The summed E-state index contributed by atoms with van der Waals surface area (Å²) in [6.45, 7) is 8.08. The molecule has 1 heterocycles. The predicted octanol–water partition coefficient (Wildman–Crippen LogP) is 3.03. The lowest BCUT2D eigenvalue weighted by atomic mass is 10.1. The van der Waals surface area contributed by atoms with Crippen LogP contribution in [0, 0.1) is 10.1 Å². The molecule has 0 radical (unpaired) electrons. The Morgan fingerprint density at radius 3 is 2.62 bits per heavy atom. The van der Waals surface area contributed by atoms with Gasteiger partial charge in [-0.1, -0.05) is 13.0 Å². The molecule has 1 N–H and O–H groups in total. The van der Waals surface area contributed by atoms with E-state index in [0.717, 1.165) is 13.0 Å². The minimum Gasteiger partial charge on any atom is -0.379 e. The van der Waals surface area contributed by atoms with E-state index in [1.807, 2.05) is 37.8 Å². The molecule has 1 aromatic carbocycles. The van der Waals surface area contributed by atoms with Gasteiger partial charge in [-0.15, -0.1) is 0 Å². The van der Waals surface area contributed by atoms with E-state index in [1.165, 1.54) is 0 Å². The Morgan fingerprint density at radius 1 is 1.38 bits per heavy atom. The van der Waals surface area contributed by atoms with Gasteiger partial charge >= 0.3 is 5.69 Å². The van der Waals surface area contributed by atoms with E-state index in [4.69, 9.17) is 4.74 Å². The summed E-state index contributed by atoms with van der Waals surface area (Å²) in [4.78, 5) is 13.3. The van der Waals surface area contributed by atoms with Gasteiger partial charge in [-0.05, 0) is 32.4 Å². The number of hydrogen-bond donors (Lipinski definition) is 1. The smallest absolute Gasteiger partial charge is 0.315 e. The fourth-order valence-corrected chi connectivity index (χ4v) is 2.76.